The summed E-state index contributed by atoms with van der Waals surface area (Å²) >= 11 is 3.15. The second-order valence-electron chi connectivity index (χ2n) is 3.44. The van der Waals surface area contributed by atoms with Gasteiger partial charge in [-0.1, -0.05) is 6.07 Å². The molecule has 1 aliphatic rings. The highest BCUT2D eigenvalue weighted by Gasteiger charge is 2.13. The maximum Gasteiger partial charge on any atom is 0.347 e. The van der Waals surface area contributed by atoms with Crippen molar-refractivity contribution >= 4 is 28.0 Å². The molecule has 6 heteroatoms. The van der Waals surface area contributed by atoms with Crippen LogP contribution in [0.3, 0.4) is 0 Å². The minimum absolute atomic E-state index is 0.0804. The summed E-state index contributed by atoms with van der Waals surface area (Å²) in [5, 5.41) is 0. The van der Waals surface area contributed by atoms with Crippen molar-refractivity contribution in [2.75, 3.05) is 20.7 Å². The molecule has 0 aliphatic carbocycles. The topological polar surface area (TPSA) is 54.0 Å². The van der Waals surface area contributed by atoms with E-state index in [0.717, 1.165) is 5.56 Å². The molecule has 0 atom stereocenters. The van der Waals surface area contributed by atoms with Gasteiger partial charge in [0.2, 0.25) is 6.79 Å². The van der Waals surface area contributed by atoms with E-state index in [0.29, 0.717) is 16.0 Å². The Kier molecular flexibility index (Phi) is 4.22. The van der Waals surface area contributed by atoms with Crippen LogP contribution in [0.1, 0.15) is 5.56 Å². The number of esters is 1. The molecular weight excluding hydrogens is 304 g/mol. The summed E-state index contributed by atoms with van der Waals surface area (Å²) in [5.41, 5.74) is 0.806. The zero-order valence-electron chi connectivity index (χ0n) is 9.64. The van der Waals surface area contributed by atoms with Crippen LogP contribution in [0.25, 0.3) is 6.08 Å². The number of halogens is 1. The van der Waals surface area contributed by atoms with Crippen molar-refractivity contribution in [1.29, 1.82) is 0 Å². The fraction of sp³-hybridized carbons (Fsp3) is 0.250. The number of hydrogen-bond acceptors (Lipinski definition) is 5. The van der Waals surface area contributed by atoms with Gasteiger partial charge in [-0.3, -0.25) is 0 Å². The number of fused-ring (bicyclic) bond motifs is 1. The van der Waals surface area contributed by atoms with Gasteiger partial charge >= 0.3 is 5.97 Å². The second kappa shape index (κ2) is 5.88. The molecule has 0 spiro atoms. The minimum Gasteiger partial charge on any atom is -0.454 e. The van der Waals surface area contributed by atoms with Gasteiger partial charge in [-0.2, -0.15) is 0 Å². The number of carbonyl (C=O) groups is 1. The molecule has 5 nitrogen and oxygen atoms in total. The molecular formula is C12H11BrO5. The molecule has 0 radical (unpaired) electrons. The fourth-order valence-electron chi connectivity index (χ4n) is 1.39. The molecule has 0 saturated heterocycles. The Morgan fingerprint density at radius 1 is 1.44 bits per heavy atom. The van der Waals surface area contributed by atoms with Crippen LogP contribution in [0, 0.1) is 0 Å². The lowest BCUT2D eigenvalue weighted by Crippen LogP contribution is -2.06. The third-order valence-corrected chi connectivity index (χ3v) is 2.75. The Labute approximate surface area is 112 Å². The molecule has 1 aromatic rings. The van der Waals surface area contributed by atoms with Crippen molar-refractivity contribution < 1.29 is 23.7 Å². The predicted molar refractivity (Wildman–Crippen MR) is 67.4 cm³/mol. The first-order chi connectivity index (χ1) is 8.70. The first-order valence-corrected chi connectivity index (χ1v) is 5.93. The Morgan fingerprint density at radius 2 is 2.22 bits per heavy atom. The molecule has 96 valence electrons. The van der Waals surface area contributed by atoms with Crippen molar-refractivity contribution in [3.05, 3.63) is 28.2 Å². The number of ether oxygens (including phenoxy) is 4. The van der Waals surface area contributed by atoms with Crippen LogP contribution < -0.4 is 9.47 Å². The van der Waals surface area contributed by atoms with E-state index in [2.05, 4.69) is 20.7 Å². The van der Waals surface area contributed by atoms with Crippen LogP contribution >= 0.6 is 15.9 Å². The molecule has 0 unspecified atom stereocenters. The van der Waals surface area contributed by atoms with Crippen LogP contribution in [0.15, 0.2) is 22.7 Å². The van der Waals surface area contributed by atoms with Gasteiger partial charge in [0.25, 0.3) is 0 Å². The molecule has 0 amide bonds. The Morgan fingerprint density at radius 3 is 3.00 bits per heavy atom. The fourth-order valence-corrected chi connectivity index (χ4v) is 1.77. The smallest absolute Gasteiger partial charge is 0.347 e. The normalized spacial score (nSPS) is 13.6. The van der Waals surface area contributed by atoms with E-state index in [1.165, 1.54) is 7.11 Å². The van der Waals surface area contributed by atoms with Crippen LogP contribution in [-0.2, 0) is 14.3 Å². The number of benzene rings is 1. The molecule has 2 rings (SSSR count). The summed E-state index contributed by atoms with van der Waals surface area (Å²) in [6, 6.07) is 5.39. The Balaban J connectivity index is 2.10. The lowest BCUT2D eigenvalue weighted by atomic mass is 10.2. The van der Waals surface area contributed by atoms with Crippen LogP contribution in [0.2, 0.25) is 0 Å². The monoisotopic (exact) mass is 314 g/mol. The van der Waals surface area contributed by atoms with Crippen LogP contribution in [0.5, 0.6) is 11.5 Å². The van der Waals surface area contributed by atoms with Gasteiger partial charge in [-0.05, 0) is 39.7 Å². The van der Waals surface area contributed by atoms with E-state index in [4.69, 9.17) is 14.2 Å². The van der Waals surface area contributed by atoms with Crippen molar-refractivity contribution in [2.24, 2.45) is 0 Å². The number of methoxy groups -OCH3 is 1. The first kappa shape index (κ1) is 12.9. The molecule has 0 N–H and O–H groups in total. The van der Waals surface area contributed by atoms with Crippen molar-refractivity contribution in [2.45, 2.75) is 0 Å². The summed E-state index contributed by atoms with van der Waals surface area (Å²) in [4.78, 5) is 11.5. The van der Waals surface area contributed by atoms with Crippen molar-refractivity contribution in [3.8, 4) is 11.5 Å². The number of carbonyl (C=O) groups excluding carboxylic acids is 1. The quantitative estimate of drug-likeness (QED) is 0.485. The molecule has 1 aromatic carbocycles. The second-order valence-corrected chi connectivity index (χ2v) is 4.30. The van der Waals surface area contributed by atoms with Gasteiger partial charge in [0.1, 0.15) is 4.48 Å². The van der Waals surface area contributed by atoms with E-state index in [1.807, 2.05) is 6.07 Å². The summed E-state index contributed by atoms with van der Waals surface area (Å²) in [5.74, 6) is 0.869. The third-order valence-electron chi connectivity index (χ3n) is 2.19. The first-order valence-electron chi connectivity index (χ1n) is 5.13. The maximum absolute atomic E-state index is 11.5. The summed E-state index contributed by atoms with van der Waals surface area (Å²) < 4.78 is 20.2. The minimum atomic E-state index is -0.491. The van der Waals surface area contributed by atoms with Crippen LogP contribution in [-0.4, -0.2) is 26.7 Å². The number of hydrogen-bond donors (Lipinski definition) is 0. The maximum atomic E-state index is 11.5. The van der Waals surface area contributed by atoms with Gasteiger partial charge in [-0.25, -0.2) is 4.79 Å². The zero-order valence-corrected chi connectivity index (χ0v) is 11.2. The van der Waals surface area contributed by atoms with E-state index in [1.54, 1.807) is 18.2 Å². The van der Waals surface area contributed by atoms with Gasteiger partial charge in [0, 0.05) is 7.11 Å². The van der Waals surface area contributed by atoms with E-state index < -0.39 is 5.97 Å². The van der Waals surface area contributed by atoms with E-state index in [-0.39, 0.29) is 13.6 Å². The third kappa shape index (κ3) is 3.02. The molecule has 0 saturated carbocycles. The molecule has 0 aromatic heterocycles. The molecule has 0 fully saturated rings. The zero-order chi connectivity index (χ0) is 13.0. The largest absolute Gasteiger partial charge is 0.454 e. The van der Waals surface area contributed by atoms with E-state index in [9.17, 15) is 4.79 Å². The molecule has 1 aliphatic heterocycles. The number of rotatable bonds is 4. The SMILES string of the molecule is COCOC(=O)/C(Br)=C/c1ccc2c(c1)OCO2. The predicted octanol–water partition coefficient (Wildman–Crippen LogP) is 2.30. The van der Waals surface area contributed by atoms with Crippen LogP contribution in [0.4, 0.5) is 0 Å². The molecule has 1 heterocycles. The van der Waals surface area contributed by atoms with Crippen molar-refractivity contribution in [1.82, 2.24) is 0 Å². The van der Waals surface area contributed by atoms with Gasteiger partial charge in [0.05, 0.1) is 0 Å². The molecule has 18 heavy (non-hydrogen) atoms. The highest BCUT2D eigenvalue weighted by molar-refractivity contribution is 9.12. The summed E-state index contributed by atoms with van der Waals surface area (Å²) in [6.45, 7) is 0.141. The van der Waals surface area contributed by atoms with E-state index >= 15 is 0 Å². The lowest BCUT2D eigenvalue weighted by molar-refractivity contribution is -0.148. The average Bonchev–Trinajstić information content (AvgIpc) is 2.83. The average molecular weight is 315 g/mol. The van der Waals surface area contributed by atoms with Crippen molar-refractivity contribution in [3.63, 3.8) is 0 Å². The Bertz CT molecular complexity index is 483. The lowest BCUT2D eigenvalue weighted by Gasteiger charge is -2.02. The summed E-state index contributed by atoms with van der Waals surface area (Å²) in [7, 11) is 1.45. The van der Waals surface area contributed by atoms with Gasteiger partial charge < -0.3 is 18.9 Å². The molecule has 0 bridgehead atoms. The summed E-state index contributed by atoms with van der Waals surface area (Å²) in [6.07, 6.45) is 1.64. The van der Waals surface area contributed by atoms with Gasteiger partial charge in [-0.15, -0.1) is 0 Å². The highest BCUT2D eigenvalue weighted by atomic mass is 79.9. The highest BCUT2D eigenvalue weighted by Crippen LogP contribution is 2.33. The van der Waals surface area contributed by atoms with Gasteiger partial charge in [0.15, 0.2) is 18.3 Å². The standard InChI is InChI=1S/C12H11BrO5/c1-15-6-18-12(14)9(13)4-8-2-3-10-11(5-8)17-7-16-10/h2-5H,6-7H2,1H3/b9-4-. The Hall–Kier alpha value is -1.53.